The monoisotopic (exact) mass is 655 g/mol. The van der Waals surface area contributed by atoms with Crippen LogP contribution in [0.1, 0.15) is 74.5 Å². The molecule has 0 radical (unpaired) electrons. The van der Waals surface area contributed by atoms with Gasteiger partial charge in [0.15, 0.2) is 5.82 Å². The van der Waals surface area contributed by atoms with Gasteiger partial charge in [0.25, 0.3) is 5.91 Å². The third-order valence-electron chi connectivity index (χ3n) is 10.6. The van der Waals surface area contributed by atoms with Gasteiger partial charge < -0.3 is 20.1 Å². The van der Waals surface area contributed by atoms with Gasteiger partial charge in [-0.1, -0.05) is 18.2 Å². The van der Waals surface area contributed by atoms with Crippen LogP contribution in [-0.4, -0.2) is 69.9 Å². The zero-order valence-electron chi connectivity index (χ0n) is 28.3. The number of alkyl halides is 2. The molecular weight excluding hydrogens is 612 g/mol. The molecule has 1 saturated heterocycles. The first kappa shape index (κ1) is 32.2. The molecule has 0 unspecified atom stereocenters. The molecule has 1 aliphatic carbocycles. The molecule has 48 heavy (non-hydrogen) atoms. The van der Waals surface area contributed by atoms with Gasteiger partial charge in [0.05, 0.1) is 23.0 Å². The molecule has 252 valence electrons. The van der Waals surface area contributed by atoms with Gasteiger partial charge in [-0.3, -0.25) is 14.5 Å². The average molecular weight is 656 g/mol. The summed E-state index contributed by atoms with van der Waals surface area (Å²) in [5, 5.41) is 6.19. The fourth-order valence-corrected chi connectivity index (χ4v) is 7.63. The lowest BCUT2D eigenvalue weighted by Crippen LogP contribution is -2.55. The first-order valence-electron chi connectivity index (χ1n) is 16.9. The highest BCUT2D eigenvalue weighted by atomic mass is 19.3. The maximum absolute atomic E-state index is 13.9. The number of aromatic nitrogens is 3. The van der Waals surface area contributed by atoms with Crippen molar-refractivity contribution in [1.82, 2.24) is 24.8 Å². The third-order valence-corrected chi connectivity index (χ3v) is 10.6. The predicted octanol–water partition coefficient (Wildman–Crippen LogP) is 6.83. The van der Waals surface area contributed by atoms with Crippen molar-refractivity contribution in [3.8, 4) is 11.3 Å². The Labute approximate surface area is 279 Å². The minimum absolute atomic E-state index is 0.0225. The molecule has 1 saturated carbocycles. The number of nitrogens with zero attached hydrogens (tertiary/aromatic N) is 5. The van der Waals surface area contributed by atoms with Crippen molar-refractivity contribution in [1.29, 1.82) is 0 Å². The maximum Gasteiger partial charge on any atom is 0.251 e. The Hall–Kier alpha value is -4.38. The Morgan fingerprint density at radius 2 is 1.83 bits per heavy atom. The summed E-state index contributed by atoms with van der Waals surface area (Å²) < 4.78 is 28.7. The Morgan fingerprint density at radius 1 is 1.06 bits per heavy atom. The molecular formula is C37H43F2N7O2. The van der Waals surface area contributed by atoms with Crippen molar-refractivity contribution in [3.63, 3.8) is 0 Å². The molecule has 4 heterocycles. The van der Waals surface area contributed by atoms with E-state index in [9.17, 15) is 18.4 Å². The van der Waals surface area contributed by atoms with Crippen LogP contribution >= 0.6 is 0 Å². The number of imidazole rings is 1. The van der Waals surface area contributed by atoms with Crippen molar-refractivity contribution in [2.75, 3.05) is 30.4 Å². The summed E-state index contributed by atoms with van der Waals surface area (Å²) in [6, 6.07) is 14.1. The fourth-order valence-electron chi connectivity index (χ4n) is 7.63. The number of amides is 2. The molecule has 2 fully saturated rings. The lowest BCUT2D eigenvalue weighted by Gasteiger charge is -2.46. The minimum Gasteiger partial charge on any atom is -0.355 e. The van der Waals surface area contributed by atoms with Gasteiger partial charge in [0.1, 0.15) is 5.52 Å². The van der Waals surface area contributed by atoms with Crippen LogP contribution in [0.3, 0.4) is 0 Å². The van der Waals surface area contributed by atoms with Gasteiger partial charge in [0, 0.05) is 60.1 Å². The van der Waals surface area contributed by atoms with E-state index in [0.717, 1.165) is 51.9 Å². The summed E-state index contributed by atoms with van der Waals surface area (Å²) in [4.78, 5) is 40.5. The van der Waals surface area contributed by atoms with E-state index in [2.05, 4.69) is 40.0 Å². The number of halogens is 2. The number of hydrogen-bond acceptors (Lipinski definition) is 6. The van der Waals surface area contributed by atoms with Crippen LogP contribution in [0, 0.1) is 12.8 Å². The molecule has 1 atom stereocenters. The average Bonchev–Trinajstić information content (AvgIpc) is 3.74. The quantitative estimate of drug-likeness (QED) is 0.216. The molecule has 7 rings (SSSR count). The number of nitrogens with one attached hydrogen (secondary N) is 2. The molecule has 11 heteroatoms. The lowest BCUT2D eigenvalue weighted by atomic mass is 9.83. The molecule has 2 aromatic carbocycles. The summed E-state index contributed by atoms with van der Waals surface area (Å²) in [6.07, 6.45) is 1.63. The van der Waals surface area contributed by atoms with E-state index in [4.69, 9.17) is 9.97 Å². The van der Waals surface area contributed by atoms with Crippen LogP contribution in [-0.2, 0) is 10.2 Å². The second-order valence-corrected chi connectivity index (χ2v) is 14.4. The third kappa shape index (κ3) is 5.32. The Bertz CT molecular complexity index is 1910. The zero-order chi connectivity index (χ0) is 34.1. The molecule has 0 bridgehead atoms. The number of benzene rings is 2. The first-order chi connectivity index (χ1) is 22.9. The van der Waals surface area contributed by atoms with Gasteiger partial charge >= 0.3 is 0 Å². The standard InChI is InChI=1S/C37H43F2N7O2/c1-20(2)45-19-41-30-17-29(43-34(32(30)45)42-24-9-7-21(3)27(14-24)35(47)40-6)22-8-10-28-31(13-22)46(36(48)37(28,4)5)26-15-25(16-26)44-12-11-23(18-44)33(38)39/h7-10,13-14,17,19-20,23,25-26,33H,11-12,15-16,18H2,1-6H3,(H,40,47)(H,42,43)/t23-,25?,26?/m0/s1. The van der Waals surface area contributed by atoms with E-state index in [-0.39, 0.29) is 29.9 Å². The van der Waals surface area contributed by atoms with Crippen LogP contribution in [0.15, 0.2) is 48.8 Å². The maximum atomic E-state index is 13.9. The van der Waals surface area contributed by atoms with E-state index >= 15 is 0 Å². The summed E-state index contributed by atoms with van der Waals surface area (Å²) >= 11 is 0. The SMILES string of the molecule is CNC(=O)c1cc(Nc2nc(-c3ccc4c(c3)N(C3CC(N5CC[C@H](C(F)F)C5)C3)C(=O)C4(C)C)cc3ncn(C(C)C)c23)ccc1C. The van der Waals surface area contributed by atoms with Crippen LogP contribution in [0.2, 0.25) is 0 Å². The van der Waals surface area contributed by atoms with E-state index in [1.54, 1.807) is 7.05 Å². The highest BCUT2D eigenvalue weighted by Crippen LogP contribution is 2.48. The highest BCUT2D eigenvalue weighted by Gasteiger charge is 2.50. The van der Waals surface area contributed by atoms with Crippen LogP contribution in [0.25, 0.3) is 22.3 Å². The Morgan fingerprint density at radius 3 is 2.52 bits per heavy atom. The van der Waals surface area contributed by atoms with Crippen LogP contribution in [0.4, 0.5) is 26.0 Å². The molecule has 2 amide bonds. The molecule has 4 aromatic rings. The van der Waals surface area contributed by atoms with Crippen LogP contribution < -0.4 is 15.5 Å². The topological polar surface area (TPSA) is 95.4 Å². The molecule has 3 aliphatic rings. The van der Waals surface area contributed by atoms with Gasteiger partial charge in [-0.25, -0.2) is 18.7 Å². The predicted molar refractivity (Wildman–Crippen MR) is 184 cm³/mol. The number of fused-ring (bicyclic) bond motifs is 2. The highest BCUT2D eigenvalue weighted by molar-refractivity contribution is 6.09. The van der Waals surface area contributed by atoms with Crippen molar-refractivity contribution in [2.45, 2.75) is 83.8 Å². The number of pyridine rings is 1. The van der Waals surface area contributed by atoms with Gasteiger partial charge in [-0.05, 0) is 95.8 Å². The van der Waals surface area contributed by atoms with Crippen molar-refractivity contribution in [2.24, 2.45) is 5.92 Å². The first-order valence-corrected chi connectivity index (χ1v) is 16.9. The number of carbonyl (C=O) groups is 2. The van der Waals surface area contributed by atoms with E-state index in [1.165, 1.54) is 0 Å². The van der Waals surface area contributed by atoms with Crippen molar-refractivity contribution >= 4 is 40.0 Å². The summed E-state index contributed by atoms with van der Waals surface area (Å²) in [5.41, 5.74) is 6.55. The smallest absolute Gasteiger partial charge is 0.251 e. The minimum atomic E-state index is -2.28. The molecule has 9 nitrogen and oxygen atoms in total. The second kappa shape index (κ2) is 11.9. The fraction of sp³-hybridized carbons (Fsp3) is 0.459. The van der Waals surface area contributed by atoms with E-state index < -0.39 is 17.8 Å². The summed E-state index contributed by atoms with van der Waals surface area (Å²) in [5.74, 6) is -0.0351. The summed E-state index contributed by atoms with van der Waals surface area (Å²) in [6.45, 7) is 11.2. The van der Waals surface area contributed by atoms with Gasteiger partial charge in [-0.2, -0.15) is 0 Å². The molecule has 2 aliphatic heterocycles. The van der Waals surface area contributed by atoms with Crippen LogP contribution in [0.5, 0.6) is 0 Å². The van der Waals surface area contributed by atoms with Crippen molar-refractivity contribution < 1.29 is 18.4 Å². The normalized spacial score (nSPS) is 22.1. The number of aryl methyl sites for hydroxylation is 1. The largest absolute Gasteiger partial charge is 0.355 e. The number of hydrogen-bond donors (Lipinski definition) is 2. The van der Waals surface area contributed by atoms with Gasteiger partial charge in [0.2, 0.25) is 12.3 Å². The zero-order valence-corrected chi connectivity index (χ0v) is 28.3. The van der Waals surface area contributed by atoms with E-state index in [0.29, 0.717) is 36.6 Å². The van der Waals surface area contributed by atoms with E-state index in [1.807, 2.05) is 68.4 Å². The number of carbonyl (C=O) groups excluding carboxylic acids is 2. The summed E-state index contributed by atoms with van der Waals surface area (Å²) in [7, 11) is 1.62. The number of anilines is 3. The number of likely N-dealkylation sites (tertiary alicyclic amines) is 1. The molecule has 0 spiro atoms. The lowest BCUT2D eigenvalue weighted by molar-refractivity contribution is -0.123. The Balaban J connectivity index is 1.24. The number of rotatable bonds is 8. The molecule has 2 N–H and O–H groups in total. The second-order valence-electron chi connectivity index (χ2n) is 14.4. The molecule has 2 aromatic heterocycles. The van der Waals surface area contributed by atoms with Crippen molar-refractivity contribution in [3.05, 3.63) is 65.5 Å². The Kier molecular flexibility index (Phi) is 8.01. The van der Waals surface area contributed by atoms with Gasteiger partial charge in [-0.15, -0.1) is 0 Å².